The van der Waals surface area contributed by atoms with Crippen molar-refractivity contribution in [2.75, 3.05) is 5.32 Å². The quantitative estimate of drug-likeness (QED) is 0.681. The van der Waals surface area contributed by atoms with Crippen molar-refractivity contribution in [1.82, 2.24) is 0 Å². The Bertz CT molecular complexity index is 709. The Morgan fingerprint density at radius 2 is 1.70 bits per heavy atom. The van der Waals surface area contributed by atoms with Crippen molar-refractivity contribution in [1.29, 1.82) is 0 Å². The summed E-state index contributed by atoms with van der Waals surface area (Å²) in [6, 6.07) is 14.7. The highest BCUT2D eigenvalue weighted by Gasteiger charge is 2.58. The van der Waals surface area contributed by atoms with Gasteiger partial charge in [-0.25, -0.2) is 4.39 Å². The van der Waals surface area contributed by atoms with E-state index in [4.69, 9.17) is 4.74 Å². The summed E-state index contributed by atoms with van der Waals surface area (Å²) in [4.78, 5) is 24.6. The van der Waals surface area contributed by atoms with Crippen molar-refractivity contribution < 1.29 is 18.7 Å². The maximum atomic E-state index is 12.9. The largest absolute Gasteiger partial charge is 0.460 e. The van der Waals surface area contributed by atoms with Crippen molar-refractivity contribution >= 4 is 17.6 Å². The van der Waals surface area contributed by atoms with Crippen molar-refractivity contribution in [3.63, 3.8) is 0 Å². The van der Waals surface area contributed by atoms with Gasteiger partial charge in [-0.2, -0.15) is 0 Å². The van der Waals surface area contributed by atoms with Crippen LogP contribution in [0.2, 0.25) is 0 Å². The monoisotopic (exact) mass is 313 g/mol. The van der Waals surface area contributed by atoms with E-state index in [9.17, 15) is 14.0 Å². The topological polar surface area (TPSA) is 55.4 Å². The molecule has 0 saturated heterocycles. The molecule has 118 valence electrons. The van der Waals surface area contributed by atoms with E-state index < -0.39 is 17.3 Å². The standard InChI is InChI=1S/C18H16FNO3/c19-14-6-8-15(9-7-14)20-16(21)18(10-11-18)17(22)23-12-13-4-2-1-3-5-13/h1-9H,10-12H2,(H,20,21). The van der Waals surface area contributed by atoms with Gasteiger partial charge in [0.1, 0.15) is 17.8 Å². The van der Waals surface area contributed by atoms with Crippen LogP contribution < -0.4 is 5.32 Å². The molecule has 0 bridgehead atoms. The van der Waals surface area contributed by atoms with E-state index in [1.165, 1.54) is 24.3 Å². The van der Waals surface area contributed by atoms with Gasteiger partial charge in [0.2, 0.25) is 5.91 Å². The molecule has 1 N–H and O–H groups in total. The number of carbonyl (C=O) groups is 2. The molecule has 1 aliphatic carbocycles. The van der Waals surface area contributed by atoms with E-state index in [2.05, 4.69) is 5.32 Å². The number of benzene rings is 2. The highest BCUT2D eigenvalue weighted by molar-refractivity contribution is 6.11. The lowest BCUT2D eigenvalue weighted by Gasteiger charge is -2.14. The van der Waals surface area contributed by atoms with Crippen molar-refractivity contribution in [3.05, 3.63) is 66.0 Å². The van der Waals surface area contributed by atoms with Crippen LogP contribution in [0.15, 0.2) is 54.6 Å². The van der Waals surface area contributed by atoms with E-state index in [-0.39, 0.29) is 12.4 Å². The summed E-state index contributed by atoms with van der Waals surface area (Å²) in [7, 11) is 0. The van der Waals surface area contributed by atoms with Crippen LogP contribution in [0.5, 0.6) is 0 Å². The number of hydrogen-bond acceptors (Lipinski definition) is 3. The van der Waals surface area contributed by atoms with Crippen LogP contribution >= 0.6 is 0 Å². The average Bonchev–Trinajstić information content (AvgIpc) is 3.38. The maximum absolute atomic E-state index is 12.9. The third-order valence-corrected chi connectivity index (χ3v) is 3.89. The second kappa shape index (κ2) is 6.20. The summed E-state index contributed by atoms with van der Waals surface area (Å²) >= 11 is 0. The van der Waals surface area contributed by atoms with E-state index >= 15 is 0 Å². The number of amides is 1. The molecule has 4 nitrogen and oxygen atoms in total. The van der Waals surface area contributed by atoms with E-state index in [1.54, 1.807) is 0 Å². The highest BCUT2D eigenvalue weighted by Crippen LogP contribution is 2.47. The Hall–Kier alpha value is -2.69. The molecule has 0 unspecified atom stereocenters. The molecular formula is C18H16FNO3. The maximum Gasteiger partial charge on any atom is 0.321 e. The number of carbonyl (C=O) groups excluding carboxylic acids is 2. The van der Waals surface area contributed by atoms with Gasteiger partial charge in [-0.15, -0.1) is 0 Å². The number of ether oxygens (including phenoxy) is 1. The van der Waals surface area contributed by atoms with Crippen LogP contribution in [0.1, 0.15) is 18.4 Å². The molecule has 5 heteroatoms. The average molecular weight is 313 g/mol. The van der Waals surface area contributed by atoms with Crippen LogP contribution in [0.25, 0.3) is 0 Å². The molecule has 3 rings (SSSR count). The first kappa shape index (κ1) is 15.2. The second-order valence-corrected chi connectivity index (χ2v) is 5.60. The summed E-state index contributed by atoms with van der Waals surface area (Å²) in [6.45, 7) is 0.144. The first-order valence-electron chi connectivity index (χ1n) is 7.38. The summed E-state index contributed by atoms with van der Waals surface area (Å²) in [6.07, 6.45) is 0.932. The Balaban J connectivity index is 1.60. The van der Waals surface area contributed by atoms with Crippen LogP contribution in [-0.4, -0.2) is 11.9 Å². The lowest BCUT2D eigenvalue weighted by molar-refractivity contribution is -0.154. The molecule has 1 saturated carbocycles. The molecule has 1 aliphatic rings. The minimum Gasteiger partial charge on any atom is -0.460 e. The molecule has 2 aromatic rings. The summed E-state index contributed by atoms with van der Waals surface area (Å²) in [5.74, 6) is -1.30. The molecule has 2 aromatic carbocycles. The number of esters is 1. The number of rotatable bonds is 5. The van der Waals surface area contributed by atoms with E-state index in [0.717, 1.165) is 5.56 Å². The smallest absolute Gasteiger partial charge is 0.321 e. The molecule has 1 amide bonds. The minimum absolute atomic E-state index is 0.144. The fourth-order valence-electron chi connectivity index (χ4n) is 2.29. The van der Waals surface area contributed by atoms with Gasteiger partial charge in [0, 0.05) is 5.69 Å². The van der Waals surface area contributed by atoms with Gasteiger partial charge in [0.15, 0.2) is 0 Å². The predicted octanol–water partition coefficient (Wildman–Crippen LogP) is 3.29. The minimum atomic E-state index is -1.11. The van der Waals surface area contributed by atoms with Crippen molar-refractivity contribution in [2.45, 2.75) is 19.4 Å². The summed E-state index contributed by atoms with van der Waals surface area (Å²) in [5, 5.41) is 2.64. The van der Waals surface area contributed by atoms with Gasteiger partial charge < -0.3 is 10.1 Å². The third-order valence-electron chi connectivity index (χ3n) is 3.89. The SMILES string of the molecule is O=C(Nc1ccc(F)cc1)C1(C(=O)OCc2ccccc2)CC1. The Kier molecular flexibility index (Phi) is 4.10. The number of halogens is 1. The van der Waals surface area contributed by atoms with Gasteiger partial charge in [-0.1, -0.05) is 30.3 Å². The molecule has 0 aliphatic heterocycles. The third kappa shape index (κ3) is 3.39. The van der Waals surface area contributed by atoms with Crippen LogP contribution in [0, 0.1) is 11.2 Å². The number of hydrogen-bond donors (Lipinski definition) is 1. The second-order valence-electron chi connectivity index (χ2n) is 5.60. The zero-order chi connectivity index (χ0) is 16.3. The molecule has 0 radical (unpaired) electrons. The van der Waals surface area contributed by atoms with Gasteiger partial charge in [-0.05, 0) is 42.7 Å². The van der Waals surface area contributed by atoms with Gasteiger partial charge in [0.25, 0.3) is 0 Å². The zero-order valence-electron chi connectivity index (χ0n) is 12.4. The Morgan fingerprint density at radius 3 is 2.30 bits per heavy atom. The Morgan fingerprint density at radius 1 is 1.04 bits per heavy atom. The lowest BCUT2D eigenvalue weighted by atomic mass is 10.1. The predicted molar refractivity (Wildman–Crippen MR) is 82.9 cm³/mol. The van der Waals surface area contributed by atoms with Gasteiger partial charge in [0.05, 0.1) is 0 Å². The molecule has 0 atom stereocenters. The highest BCUT2D eigenvalue weighted by atomic mass is 19.1. The van der Waals surface area contributed by atoms with Crippen molar-refractivity contribution in [3.8, 4) is 0 Å². The molecule has 0 spiro atoms. The summed E-state index contributed by atoms with van der Waals surface area (Å²) in [5.41, 5.74) is 0.220. The zero-order valence-corrected chi connectivity index (χ0v) is 12.4. The Labute approximate surface area is 133 Å². The fraction of sp³-hybridized carbons (Fsp3) is 0.222. The first-order valence-corrected chi connectivity index (χ1v) is 7.38. The van der Waals surface area contributed by atoms with Crippen LogP contribution in [-0.2, 0) is 20.9 Å². The normalized spacial score (nSPS) is 14.8. The molecule has 0 aromatic heterocycles. The summed E-state index contributed by atoms with van der Waals surface area (Å²) < 4.78 is 18.1. The number of nitrogens with one attached hydrogen (secondary N) is 1. The lowest BCUT2D eigenvalue weighted by Crippen LogP contribution is -2.32. The van der Waals surface area contributed by atoms with E-state index in [1.807, 2.05) is 30.3 Å². The molecule has 0 heterocycles. The fourth-order valence-corrected chi connectivity index (χ4v) is 2.29. The first-order chi connectivity index (χ1) is 11.1. The van der Waals surface area contributed by atoms with Gasteiger partial charge in [-0.3, -0.25) is 9.59 Å². The van der Waals surface area contributed by atoms with Gasteiger partial charge >= 0.3 is 5.97 Å². The molecule has 23 heavy (non-hydrogen) atoms. The van der Waals surface area contributed by atoms with Crippen LogP contribution in [0.4, 0.5) is 10.1 Å². The molecule has 1 fully saturated rings. The number of anilines is 1. The van der Waals surface area contributed by atoms with E-state index in [0.29, 0.717) is 18.5 Å². The molecular weight excluding hydrogens is 297 g/mol. The van der Waals surface area contributed by atoms with Crippen molar-refractivity contribution in [2.24, 2.45) is 5.41 Å². The van der Waals surface area contributed by atoms with Crippen LogP contribution in [0.3, 0.4) is 0 Å².